The molecule has 5 heteroatoms. The molecule has 1 rings (SSSR count). The fraction of sp³-hybridized carbons (Fsp3) is 0.567. The summed E-state index contributed by atoms with van der Waals surface area (Å²) in [4.78, 5) is 12.6. The number of carbonyl (C=O) groups is 1. The van der Waals surface area contributed by atoms with Gasteiger partial charge in [-0.2, -0.15) is 0 Å². The highest BCUT2D eigenvalue weighted by molar-refractivity contribution is 5.94. The Morgan fingerprint density at radius 3 is 1.86 bits per heavy atom. The van der Waals surface area contributed by atoms with Gasteiger partial charge in [0.15, 0.2) is 0 Å². The molecule has 1 N–H and O–H groups in total. The molecule has 1 amide bonds. The number of unbranched alkanes of at least 4 members (excludes halogenated alkanes) is 5. The van der Waals surface area contributed by atoms with Gasteiger partial charge in [0.1, 0.15) is 22.9 Å². The van der Waals surface area contributed by atoms with Crippen LogP contribution in [-0.2, 0) is 4.79 Å². The van der Waals surface area contributed by atoms with Crippen molar-refractivity contribution in [2.75, 3.05) is 25.1 Å². The van der Waals surface area contributed by atoms with Gasteiger partial charge in [-0.25, -0.2) is 0 Å². The molecule has 0 aliphatic carbocycles. The summed E-state index contributed by atoms with van der Waals surface area (Å²) in [5.41, 5.74) is 0.584. The zero-order valence-corrected chi connectivity index (χ0v) is 22.4. The minimum Gasteiger partial charge on any atom is -0.494 e. The average Bonchev–Trinajstić information content (AvgIpc) is 2.84. The molecule has 1 aromatic rings. The molecular formula is C30H47NO4. The summed E-state index contributed by atoms with van der Waals surface area (Å²) in [6.45, 7) is 9.45. The van der Waals surface area contributed by atoms with Gasteiger partial charge in [-0.15, -0.1) is 0 Å². The fourth-order valence-electron chi connectivity index (χ4n) is 3.58. The van der Waals surface area contributed by atoms with Crippen molar-refractivity contribution in [3.63, 3.8) is 0 Å². The molecule has 1 aromatic carbocycles. The Hall–Kier alpha value is -2.69. The lowest BCUT2D eigenvalue weighted by atomic mass is 10.1. The van der Waals surface area contributed by atoms with Gasteiger partial charge in [-0.05, 0) is 59.3 Å². The maximum atomic E-state index is 12.6. The second kappa shape index (κ2) is 20.7. The van der Waals surface area contributed by atoms with Gasteiger partial charge >= 0.3 is 0 Å². The number of hydrogen-bond acceptors (Lipinski definition) is 4. The number of nitrogens with one attached hydrogen (secondary N) is 1. The molecule has 0 aromatic heterocycles. The van der Waals surface area contributed by atoms with Gasteiger partial charge in [0.25, 0.3) is 0 Å². The lowest BCUT2D eigenvalue weighted by molar-refractivity contribution is -0.116. The summed E-state index contributed by atoms with van der Waals surface area (Å²) in [5, 5.41) is 3.00. The maximum absolute atomic E-state index is 12.6. The van der Waals surface area contributed by atoms with E-state index >= 15 is 0 Å². The molecule has 5 nitrogen and oxygen atoms in total. The second-order valence-corrected chi connectivity index (χ2v) is 8.24. The molecular weight excluding hydrogens is 438 g/mol. The molecule has 35 heavy (non-hydrogen) atoms. The quantitative estimate of drug-likeness (QED) is 0.149. The van der Waals surface area contributed by atoms with Gasteiger partial charge < -0.3 is 19.5 Å². The minimum absolute atomic E-state index is 0.0164. The number of rotatable bonds is 20. The monoisotopic (exact) mass is 485 g/mol. The maximum Gasteiger partial charge on any atom is 0.224 e. The van der Waals surface area contributed by atoms with E-state index in [4.69, 9.17) is 14.2 Å². The predicted octanol–water partition coefficient (Wildman–Crippen LogP) is 8.41. The van der Waals surface area contributed by atoms with E-state index < -0.39 is 0 Å². The average molecular weight is 486 g/mol. The Kier molecular flexibility index (Phi) is 17.9. The van der Waals surface area contributed by atoms with E-state index in [0.717, 1.165) is 44.9 Å². The number of ether oxygens (including phenoxy) is 3. The molecule has 0 saturated carbocycles. The number of allylic oxidation sites excluding steroid dienone is 6. The Morgan fingerprint density at radius 2 is 1.26 bits per heavy atom. The molecule has 0 atom stereocenters. The Balaban J connectivity index is 2.32. The minimum atomic E-state index is -0.0164. The molecule has 0 aliphatic rings. The third-order valence-electron chi connectivity index (χ3n) is 5.27. The molecule has 0 bridgehead atoms. The van der Waals surface area contributed by atoms with Crippen LogP contribution >= 0.6 is 0 Å². The van der Waals surface area contributed by atoms with Crippen molar-refractivity contribution in [3.8, 4) is 17.2 Å². The molecule has 196 valence electrons. The Bertz CT molecular complexity index is 756. The zero-order chi connectivity index (χ0) is 25.6. The van der Waals surface area contributed by atoms with Crippen LogP contribution < -0.4 is 19.5 Å². The van der Waals surface area contributed by atoms with Crippen LogP contribution in [-0.4, -0.2) is 25.7 Å². The van der Waals surface area contributed by atoms with Crippen LogP contribution in [0.2, 0.25) is 0 Å². The third kappa shape index (κ3) is 14.3. The van der Waals surface area contributed by atoms with Crippen LogP contribution in [0.4, 0.5) is 5.69 Å². The number of carbonyl (C=O) groups excluding carboxylic acids is 1. The second-order valence-electron chi connectivity index (χ2n) is 8.24. The summed E-state index contributed by atoms with van der Waals surface area (Å²) in [7, 11) is 0. The number of hydrogen-bond donors (Lipinski definition) is 1. The van der Waals surface area contributed by atoms with Crippen LogP contribution in [0.15, 0.2) is 48.6 Å². The van der Waals surface area contributed by atoms with Gasteiger partial charge in [0.2, 0.25) is 5.91 Å². The van der Waals surface area contributed by atoms with Gasteiger partial charge in [0.05, 0.1) is 19.8 Å². The largest absolute Gasteiger partial charge is 0.494 e. The highest BCUT2D eigenvalue weighted by atomic mass is 16.5. The predicted molar refractivity (Wildman–Crippen MR) is 148 cm³/mol. The summed E-state index contributed by atoms with van der Waals surface area (Å²) >= 11 is 0. The van der Waals surface area contributed by atoms with Crippen molar-refractivity contribution in [1.82, 2.24) is 0 Å². The van der Waals surface area contributed by atoms with Crippen molar-refractivity contribution in [2.24, 2.45) is 0 Å². The standard InChI is InChI=1S/C30H47NO4/c1-5-9-10-11-12-13-14-15-16-17-18-19-20-21-22-23-29(32)31-30-27(34-7-3)24-26(33-6-2)25-28(30)35-8-4/h9-10,12-13,15-16,24-25H,5-8,11,14,17-23H2,1-4H3,(H,31,32)/b10-9-,13-12-,16-15-. The molecule has 0 unspecified atom stereocenters. The molecule has 0 radical (unpaired) electrons. The SMILES string of the molecule is CC/C=C\C/C=C\C/C=C\CCCCCCCC(=O)Nc1c(OCC)cc(OCC)cc1OCC. The van der Waals surface area contributed by atoms with E-state index in [0.29, 0.717) is 49.2 Å². The topological polar surface area (TPSA) is 56.8 Å². The lowest BCUT2D eigenvalue weighted by Crippen LogP contribution is -2.14. The van der Waals surface area contributed by atoms with E-state index in [9.17, 15) is 4.79 Å². The van der Waals surface area contributed by atoms with Crippen LogP contribution in [0.25, 0.3) is 0 Å². The van der Waals surface area contributed by atoms with Gasteiger partial charge in [-0.3, -0.25) is 4.79 Å². The van der Waals surface area contributed by atoms with Crippen molar-refractivity contribution in [2.45, 2.75) is 91.9 Å². The lowest BCUT2D eigenvalue weighted by Gasteiger charge is -2.18. The van der Waals surface area contributed by atoms with Crippen molar-refractivity contribution < 1.29 is 19.0 Å². The summed E-state index contributed by atoms with van der Waals surface area (Å²) in [5.74, 6) is 1.81. The Labute approximate surface area is 213 Å². The van der Waals surface area contributed by atoms with Crippen molar-refractivity contribution in [3.05, 3.63) is 48.6 Å². The van der Waals surface area contributed by atoms with Crippen LogP contribution in [0.5, 0.6) is 17.2 Å². The highest BCUT2D eigenvalue weighted by Crippen LogP contribution is 2.39. The first kappa shape index (κ1) is 30.3. The molecule has 0 fully saturated rings. The first-order chi connectivity index (χ1) is 17.2. The zero-order valence-electron chi connectivity index (χ0n) is 22.4. The highest BCUT2D eigenvalue weighted by Gasteiger charge is 2.17. The van der Waals surface area contributed by atoms with Crippen LogP contribution in [0, 0.1) is 0 Å². The van der Waals surface area contributed by atoms with Crippen molar-refractivity contribution in [1.29, 1.82) is 0 Å². The first-order valence-corrected chi connectivity index (χ1v) is 13.5. The Morgan fingerprint density at radius 1 is 0.714 bits per heavy atom. The van der Waals surface area contributed by atoms with Crippen LogP contribution in [0.1, 0.15) is 91.9 Å². The third-order valence-corrected chi connectivity index (χ3v) is 5.27. The molecule has 0 saturated heterocycles. The molecule has 0 heterocycles. The first-order valence-electron chi connectivity index (χ1n) is 13.5. The number of amides is 1. The normalized spacial score (nSPS) is 11.5. The summed E-state index contributed by atoms with van der Waals surface area (Å²) < 4.78 is 17.1. The fourth-order valence-corrected chi connectivity index (χ4v) is 3.58. The molecule has 0 aliphatic heterocycles. The van der Waals surface area contributed by atoms with Gasteiger partial charge in [0, 0.05) is 18.6 Å². The number of anilines is 1. The molecule has 0 spiro atoms. The van der Waals surface area contributed by atoms with E-state index in [1.807, 2.05) is 20.8 Å². The van der Waals surface area contributed by atoms with E-state index in [1.54, 1.807) is 12.1 Å². The van der Waals surface area contributed by atoms with Crippen LogP contribution in [0.3, 0.4) is 0 Å². The van der Waals surface area contributed by atoms with E-state index in [2.05, 4.69) is 48.7 Å². The van der Waals surface area contributed by atoms with E-state index in [-0.39, 0.29) is 5.91 Å². The summed E-state index contributed by atoms with van der Waals surface area (Å²) in [6, 6.07) is 3.61. The summed E-state index contributed by atoms with van der Waals surface area (Å²) in [6.07, 6.45) is 23.6. The smallest absolute Gasteiger partial charge is 0.224 e. The van der Waals surface area contributed by atoms with Gasteiger partial charge in [-0.1, -0.05) is 62.6 Å². The van der Waals surface area contributed by atoms with E-state index in [1.165, 1.54) is 12.8 Å². The van der Waals surface area contributed by atoms with Crippen molar-refractivity contribution >= 4 is 11.6 Å². The number of benzene rings is 1.